The number of carbonyl (C=O) groups is 1. The Morgan fingerprint density at radius 2 is 2.05 bits per heavy atom. The number of alkyl halides is 3. The number of carbonyl (C=O) groups excluding carboxylic acids is 1. The molecule has 22 heavy (non-hydrogen) atoms. The van der Waals surface area contributed by atoms with Gasteiger partial charge in [-0.3, -0.25) is 9.78 Å². The summed E-state index contributed by atoms with van der Waals surface area (Å²) < 4.78 is 37.2. The van der Waals surface area contributed by atoms with Crippen LogP contribution < -0.4 is 10.6 Å². The van der Waals surface area contributed by atoms with Gasteiger partial charge < -0.3 is 10.6 Å². The fraction of sp³-hybridized carbons (Fsp3) is 0.538. The lowest BCUT2D eigenvalue weighted by Crippen LogP contribution is -2.52. The summed E-state index contributed by atoms with van der Waals surface area (Å²) >= 11 is 0. The predicted octanol–water partition coefficient (Wildman–Crippen LogP) is 2.81. The Kier molecular flexibility index (Phi) is 8.14. The van der Waals surface area contributed by atoms with Gasteiger partial charge in [0.1, 0.15) is 5.69 Å². The lowest BCUT2D eigenvalue weighted by molar-refractivity contribution is -0.137. The van der Waals surface area contributed by atoms with Crippen LogP contribution in [-0.4, -0.2) is 29.5 Å². The van der Waals surface area contributed by atoms with Crippen LogP contribution in [0.1, 0.15) is 35.8 Å². The van der Waals surface area contributed by atoms with E-state index in [0.29, 0.717) is 6.20 Å². The summed E-state index contributed by atoms with van der Waals surface area (Å²) in [6, 6.07) is 2.08. The summed E-state index contributed by atoms with van der Waals surface area (Å²) in [5.41, 5.74) is -0.863. The van der Waals surface area contributed by atoms with Gasteiger partial charge in [-0.05, 0) is 38.4 Å². The van der Waals surface area contributed by atoms with Gasteiger partial charge in [0.2, 0.25) is 0 Å². The quantitative estimate of drug-likeness (QED) is 0.853. The van der Waals surface area contributed by atoms with Crippen molar-refractivity contribution in [3.05, 3.63) is 29.6 Å². The highest BCUT2D eigenvalue weighted by atomic mass is 35.5. The first-order valence-corrected chi connectivity index (χ1v) is 6.45. The average molecular weight is 360 g/mol. The predicted molar refractivity (Wildman–Crippen MR) is 81.7 cm³/mol. The molecule has 4 nitrogen and oxygen atoms in total. The molecule has 1 fully saturated rings. The van der Waals surface area contributed by atoms with Crippen molar-refractivity contribution in [3.8, 4) is 0 Å². The normalized spacial score (nSPS) is 21.3. The average Bonchev–Trinajstić information content (AvgIpc) is 2.40. The van der Waals surface area contributed by atoms with Gasteiger partial charge in [-0.1, -0.05) is 0 Å². The molecule has 0 aliphatic carbocycles. The van der Waals surface area contributed by atoms with Crippen LogP contribution >= 0.6 is 24.8 Å². The summed E-state index contributed by atoms with van der Waals surface area (Å²) in [6.45, 7) is 2.87. The number of amides is 1. The third kappa shape index (κ3) is 5.30. The summed E-state index contributed by atoms with van der Waals surface area (Å²) in [6.07, 6.45) is -1.96. The number of nitrogens with zero attached hydrogens (tertiary/aromatic N) is 1. The third-order valence-corrected chi connectivity index (χ3v) is 3.40. The maximum atomic E-state index is 12.4. The number of hydrogen-bond donors (Lipinski definition) is 2. The van der Waals surface area contributed by atoms with Crippen molar-refractivity contribution in [1.29, 1.82) is 0 Å². The van der Waals surface area contributed by atoms with Crippen LogP contribution in [0.15, 0.2) is 18.3 Å². The van der Waals surface area contributed by atoms with Crippen LogP contribution in [0.5, 0.6) is 0 Å². The van der Waals surface area contributed by atoms with Gasteiger partial charge in [-0.25, -0.2) is 0 Å². The van der Waals surface area contributed by atoms with E-state index in [1.807, 2.05) is 6.92 Å². The molecule has 1 aromatic heterocycles. The molecule has 2 rings (SSSR count). The molecule has 1 aliphatic heterocycles. The number of nitrogens with one attached hydrogen (secondary N) is 2. The Morgan fingerprint density at radius 3 is 2.55 bits per heavy atom. The topological polar surface area (TPSA) is 54.0 Å². The number of aromatic nitrogens is 1. The fourth-order valence-electron chi connectivity index (χ4n) is 2.18. The first-order valence-electron chi connectivity index (χ1n) is 6.45. The Bertz CT molecular complexity index is 482. The number of piperidine rings is 1. The monoisotopic (exact) mass is 359 g/mol. The number of pyridine rings is 1. The van der Waals surface area contributed by atoms with Crippen molar-refractivity contribution in [3.63, 3.8) is 0 Å². The first kappa shape index (κ1) is 20.9. The Hall–Kier alpha value is -1.05. The van der Waals surface area contributed by atoms with Crippen LogP contribution in [0.3, 0.4) is 0 Å². The largest absolute Gasteiger partial charge is 0.417 e. The Morgan fingerprint density at radius 1 is 1.36 bits per heavy atom. The minimum atomic E-state index is -4.44. The Balaban J connectivity index is 0.00000220. The van der Waals surface area contributed by atoms with Crippen molar-refractivity contribution in [2.75, 3.05) is 6.54 Å². The molecule has 0 saturated carbocycles. The summed E-state index contributed by atoms with van der Waals surface area (Å²) in [7, 11) is 0. The molecule has 1 amide bonds. The van der Waals surface area contributed by atoms with Crippen molar-refractivity contribution < 1.29 is 18.0 Å². The van der Waals surface area contributed by atoms with E-state index in [0.717, 1.165) is 31.5 Å². The van der Waals surface area contributed by atoms with Crippen molar-refractivity contribution >= 4 is 30.7 Å². The van der Waals surface area contributed by atoms with E-state index in [-0.39, 0.29) is 42.6 Å². The summed E-state index contributed by atoms with van der Waals surface area (Å²) in [5, 5.41) is 6.03. The van der Waals surface area contributed by atoms with Crippen molar-refractivity contribution in [2.45, 2.75) is 38.0 Å². The molecule has 126 valence electrons. The van der Waals surface area contributed by atoms with E-state index < -0.39 is 17.6 Å². The zero-order chi connectivity index (χ0) is 14.8. The molecule has 2 N–H and O–H groups in total. The van der Waals surface area contributed by atoms with E-state index in [1.54, 1.807) is 0 Å². The lowest BCUT2D eigenvalue weighted by atomic mass is 10.00. The second-order valence-corrected chi connectivity index (χ2v) is 4.89. The summed E-state index contributed by atoms with van der Waals surface area (Å²) in [5.74, 6) is -0.445. The van der Waals surface area contributed by atoms with E-state index in [4.69, 9.17) is 0 Å². The van der Waals surface area contributed by atoms with Crippen LogP contribution in [0, 0.1) is 0 Å². The summed E-state index contributed by atoms with van der Waals surface area (Å²) in [4.78, 5) is 15.5. The molecule has 9 heteroatoms. The molecule has 2 heterocycles. The van der Waals surface area contributed by atoms with E-state index in [1.165, 1.54) is 0 Å². The smallest absolute Gasteiger partial charge is 0.346 e. The molecule has 1 saturated heterocycles. The molecule has 0 radical (unpaired) electrons. The molecule has 2 atom stereocenters. The van der Waals surface area contributed by atoms with Gasteiger partial charge in [0, 0.05) is 18.3 Å². The van der Waals surface area contributed by atoms with Crippen molar-refractivity contribution in [1.82, 2.24) is 15.6 Å². The van der Waals surface area contributed by atoms with Crippen molar-refractivity contribution in [2.24, 2.45) is 0 Å². The number of halogens is 5. The third-order valence-electron chi connectivity index (χ3n) is 3.40. The zero-order valence-corrected chi connectivity index (χ0v) is 13.4. The number of rotatable bonds is 2. The second-order valence-electron chi connectivity index (χ2n) is 4.89. The minimum absolute atomic E-state index is 0. The molecule has 1 aromatic rings. The molecule has 0 bridgehead atoms. The fourth-order valence-corrected chi connectivity index (χ4v) is 2.18. The number of hydrogen-bond acceptors (Lipinski definition) is 3. The van der Waals surface area contributed by atoms with Gasteiger partial charge in [-0.15, -0.1) is 24.8 Å². The van der Waals surface area contributed by atoms with Gasteiger partial charge >= 0.3 is 6.18 Å². The molecule has 0 spiro atoms. The van der Waals surface area contributed by atoms with Crippen LogP contribution in [-0.2, 0) is 6.18 Å². The van der Waals surface area contributed by atoms with Crippen LogP contribution in [0.4, 0.5) is 13.2 Å². The van der Waals surface area contributed by atoms with E-state index >= 15 is 0 Å². The van der Waals surface area contributed by atoms with E-state index in [9.17, 15) is 18.0 Å². The SMILES string of the molecule is CC1NCCCC1NC(=O)c1ccc(C(F)(F)F)cn1.Cl.Cl. The highest BCUT2D eigenvalue weighted by Crippen LogP contribution is 2.28. The maximum Gasteiger partial charge on any atom is 0.417 e. The maximum absolute atomic E-state index is 12.4. The lowest BCUT2D eigenvalue weighted by Gasteiger charge is -2.30. The standard InChI is InChI=1S/C13H16F3N3O.2ClH/c1-8-10(3-2-6-17-8)19-12(20)11-5-4-9(7-18-11)13(14,15)16;;/h4-5,7-8,10,17H,2-3,6H2,1H3,(H,19,20);2*1H. The second kappa shape index (κ2) is 8.55. The highest BCUT2D eigenvalue weighted by molar-refractivity contribution is 5.92. The molecular weight excluding hydrogens is 342 g/mol. The minimum Gasteiger partial charge on any atom is -0.346 e. The zero-order valence-electron chi connectivity index (χ0n) is 11.8. The van der Waals surface area contributed by atoms with Crippen LogP contribution in [0.25, 0.3) is 0 Å². The first-order chi connectivity index (χ1) is 9.38. The molecule has 1 aliphatic rings. The van der Waals surface area contributed by atoms with Gasteiger partial charge in [-0.2, -0.15) is 13.2 Å². The van der Waals surface area contributed by atoms with Crippen LogP contribution in [0.2, 0.25) is 0 Å². The molecular formula is C13H18Cl2F3N3O. The van der Waals surface area contributed by atoms with Gasteiger partial charge in [0.25, 0.3) is 5.91 Å². The molecule has 0 aromatic carbocycles. The van der Waals surface area contributed by atoms with Gasteiger partial charge in [0.15, 0.2) is 0 Å². The molecule has 2 unspecified atom stereocenters. The Labute approximate surface area is 139 Å². The van der Waals surface area contributed by atoms with Gasteiger partial charge in [0.05, 0.1) is 5.56 Å². The highest BCUT2D eigenvalue weighted by Gasteiger charge is 2.31. The van der Waals surface area contributed by atoms with E-state index in [2.05, 4.69) is 15.6 Å².